The Hall–Kier alpha value is -3.57. The van der Waals surface area contributed by atoms with Crippen molar-refractivity contribution in [3.8, 4) is 0 Å². The van der Waals surface area contributed by atoms with Crippen molar-refractivity contribution in [2.75, 3.05) is 19.6 Å². The lowest BCUT2D eigenvalue weighted by Crippen LogP contribution is -2.63. The minimum absolute atomic E-state index is 0.122. The van der Waals surface area contributed by atoms with Gasteiger partial charge in [0.2, 0.25) is 0 Å². The third-order valence-electron chi connectivity index (χ3n) is 9.59. The SMILES string of the molecule is NC(CN1C(=O)C2=C(CCC23CCNCC3)[N@@+](Cc2cccc(Cl)c2)(Cc2c(F)cccc2C(F)(F)F)C1=O)c1ccccc1. The molecule has 0 saturated carbocycles. The smallest absolute Gasteiger partial charge is 0.322 e. The summed E-state index contributed by atoms with van der Waals surface area (Å²) in [5.41, 5.74) is 6.40. The number of halogens is 5. The molecule has 45 heavy (non-hydrogen) atoms. The monoisotopic (exact) mass is 641 g/mol. The number of urea groups is 1. The predicted octanol–water partition coefficient (Wildman–Crippen LogP) is 7.09. The first kappa shape index (κ1) is 31.4. The van der Waals surface area contributed by atoms with Gasteiger partial charge in [-0.1, -0.05) is 60.1 Å². The van der Waals surface area contributed by atoms with Crippen LogP contribution in [0.25, 0.3) is 0 Å². The molecule has 0 bridgehead atoms. The zero-order chi connectivity index (χ0) is 32.0. The Balaban J connectivity index is 1.58. The van der Waals surface area contributed by atoms with E-state index in [-0.39, 0.29) is 13.1 Å². The highest BCUT2D eigenvalue weighted by Crippen LogP contribution is 2.55. The largest absolute Gasteiger partial charge is 0.431 e. The van der Waals surface area contributed by atoms with Crippen LogP contribution in [0.3, 0.4) is 0 Å². The molecule has 0 radical (unpaired) electrons. The number of imide groups is 1. The maximum atomic E-state index is 15.6. The number of hydrogen-bond donors (Lipinski definition) is 2. The lowest BCUT2D eigenvalue weighted by Gasteiger charge is -2.45. The lowest BCUT2D eigenvalue weighted by atomic mass is 9.72. The molecule has 1 fully saturated rings. The molecule has 3 aromatic carbocycles. The topological polar surface area (TPSA) is 75.4 Å². The van der Waals surface area contributed by atoms with E-state index in [9.17, 15) is 22.8 Å². The molecule has 3 aromatic rings. The first-order chi connectivity index (χ1) is 21.4. The Morgan fingerprint density at radius 3 is 2.36 bits per heavy atom. The Morgan fingerprint density at radius 1 is 0.956 bits per heavy atom. The van der Waals surface area contributed by atoms with Crippen LogP contribution < -0.4 is 11.1 Å². The van der Waals surface area contributed by atoms with Crippen LogP contribution in [0.15, 0.2) is 84.1 Å². The van der Waals surface area contributed by atoms with E-state index in [2.05, 4.69) is 5.32 Å². The van der Waals surface area contributed by atoms with Gasteiger partial charge in [-0.15, -0.1) is 0 Å². The third kappa shape index (κ3) is 5.69. The van der Waals surface area contributed by atoms with Crippen molar-refractivity contribution in [2.24, 2.45) is 11.1 Å². The second kappa shape index (κ2) is 12.0. The van der Waals surface area contributed by atoms with Crippen molar-refractivity contribution >= 4 is 23.5 Å². The number of nitrogens with zero attached hydrogens (tertiary/aromatic N) is 2. The average molecular weight is 642 g/mol. The molecule has 2 heterocycles. The first-order valence-corrected chi connectivity index (χ1v) is 15.4. The molecule has 1 saturated heterocycles. The van der Waals surface area contributed by atoms with Crippen LogP contribution in [0.4, 0.5) is 22.4 Å². The van der Waals surface area contributed by atoms with Gasteiger partial charge < -0.3 is 11.1 Å². The highest BCUT2D eigenvalue weighted by Gasteiger charge is 2.61. The van der Waals surface area contributed by atoms with Crippen LogP contribution in [-0.2, 0) is 24.1 Å². The molecule has 1 spiro atoms. The maximum absolute atomic E-state index is 15.6. The summed E-state index contributed by atoms with van der Waals surface area (Å²) in [5, 5.41) is 3.71. The molecule has 6 rings (SSSR count). The normalized spacial score (nSPS) is 22.2. The van der Waals surface area contributed by atoms with E-state index in [1.54, 1.807) is 48.5 Å². The van der Waals surface area contributed by atoms with Crippen LogP contribution >= 0.6 is 11.6 Å². The molecule has 236 valence electrons. The van der Waals surface area contributed by atoms with Crippen molar-refractivity contribution < 1.29 is 31.6 Å². The van der Waals surface area contributed by atoms with Gasteiger partial charge in [0.25, 0.3) is 5.91 Å². The fraction of sp³-hybridized carbons (Fsp3) is 0.353. The highest BCUT2D eigenvalue weighted by molar-refractivity contribution is 6.30. The van der Waals surface area contributed by atoms with Crippen LogP contribution in [0, 0.1) is 11.2 Å². The van der Waals surface area contributed by atoms with Gasteiger partial charge in [-0.2, -0.15) is 13.2 Å². The van der Waals surface area contributed by atoms with Gasteiger partial charge in [0, 0.05) is 28.5 Å². The minimum Gasteiger partial charge on any atom is -0.322 e. The number of hydrogen-bond acceptors (Lipinski definition) is 4. The number of nitrogens with two attached hydrogens (primary N) is 1. The van der Waals surface area contributed by atoms with E-state index in [1.165, 1.54) is 0 Å². The van der Waals surface area contributed by atoms with Gasteiger partial charge in [0.05, 0.1) is 23.2 Å². The minimum atomic E-state index is -4.87. The summed E-state index contributed by atoms with van der Waals surface area (Å²) >= 11 is 6.33. The Morgan fingerprint density at radius 2 is 1.67 bits per heavy atom. The fourth-order valence-electron chi connectivity index (χ4n) is 7.41. The number of amides is 3. The highest BCUT2D eigenvalue weighted by atomic mass is 35.5. The summed E-state index contributed by atoms with van der Waals surface area (Å²) < 4.78 is 58.0. The van der Waals surface area contributed by atoms with E-state index in [4.69, 9.17) is 17.3 Å². The number of quaternary nitrogens is 1. The van der Waals surface area contributed by atoms with E-state index in [0.717, 1.165) is 23.1 Å². The number of rotatable bonds is 7. The van der Waals surface area contributed by atoms with Crippen LogP contribution in [0.5, 0.6) is 0 Å². The molecule has 1 unspecified atom stereocenters. The summed E-state index contributed by atoms with van der Waals surface area (Å²) in [4.78, 5) is 30.5. The fourth-order valence-corrected chi connectivity index (χ4v) is 7.63. The summed E-state index contributed by atoms with van der Waals surface area (Å²) in [7, 11) is 0. The van der Waals surface area contributed by atoms with Crippen molar-refractivity contribution in [2.45, 2.75) is 51.0 Å². The van der Waals surface area contributed by atoms with Crippen molar-refractivity contribution in [3.05, 3.63) is 117 Å². The summed E-state index contributed by atoms with van der Waals surface area (Å²) in [6, 6.07) is 17.1. The molecule has 1 aliphatic carbocycles. The standard InChI is InChI=1S/C34H34ClF4N4O2/c35-24-9-4-6-22(18-24)20-43(21-25-26(34(37,38)39)10-5-11-27(25)36)29-12-13-33(14-16-41-17-15-33)30(29)31(44)42(32(43)45)19-28(40)23-7-2-1-3-8-23/h1-11,18,28,41H,12-17,19-21,40H2/q+1/t28?,43-/m1/s1. The second-order valence-corrected chi connectivity index (χ2v) is 12.7. The van der Waals surface area contributed by atoms with Crippen LogP contribution in [0.1, 0.15) is 54.0 Å². The third-order valence-corrected chi connectivity index (χ3v) is 9.83. The van der Waals surface area contributed by atoms with Gasteiger partial charge in [-0.25, -0.2) is 18.6 Å². The summed E-state index contributed by atoms with van der Waals surface area (Å²) in [6.07, 6.45) is -2.72. The molecule has 6 nitrogen and oxygen atoms in total. The van der Waals surface area contributed by atoms with Crippen molar-refractivity contribution in [3.63, 3.8) is 0 Å². The molecule has 2 atom stereocenters. The quantitative estimate of drug-likeness (QED) is 0.213. The maximum Gasteiger partial charge on any atom is 0.431 e. The lowest BCUT2D eigenvalue weighted by molar-refractivity contribution is -0.845. The summed E-state index contributed by atoms with van der Waals surface area (Å²) in [5.74, 6) is -1.53. The zero-order valence-electron chi connectivity index (χ0n) is 24.5. The number of piperidine rings is 1. The number of alkyl halides is 3. The molecule has 3 N–H and O–H groups in total. The van der Waals surface area contributed by atoms with E-state index in [0.29, 0.717) is 66.2 Å². The Labute approximate surface area is 264 Å². The number of allylic oxidation sites excluding steroid dienone is 1. The molecular formula is C34H34ClF4N4O2+. The van der Waals surface area contributed by atoms with E-state index in [1.807, 2.05) is 6.07 Å². The van der Waals surface area contributed by atoms with E-state index < -0.39 is 57.5 Å². The zero-order valence-corrected chi connectivity index (χ0v) is 25.3. The Bertz CT molecular complexity index is 1660. The summed E-state index contributed by atoms with van der Waals surface area (Å²) in [6.45, 7) is 0.362. The van der Waals surface area contributed by atoms with Gasteiger partial charge in [-0.3, -0.25) is 4.79 Å². The molecule has 3 amide bonds. The van der Waals surface area contributed by atoms with Crippen LogP contribution in [0.2, 0.25) is 5.02 Å². The molecule has 2 aliphatic heterocycles. The van der Waals surface area contributed by atoms with Crippen molar-refractivity contribution in [1.29, 1.82) is 0 Å². The van der Waals surface area contributed by atoms with Gasteiger partial charge in [0.1, 0.15) is 24.6 Å². The molecular weight excluding hydrogens is 608 g/mol. The number of carbonyl (C=O) groups excluding carboxylic acids is 2. The number of nitrogens with one attached hydrogen (secondary N) is 1. The van der Waals surface area contributed by atoms with Crippen LogP contribution in [-0.4, -0.2) is 41.0 Å². The number of fused-ring (bicyclic) bond motifs is 1. The number of carbonyl (C=O) groups is 2. The van der Waals surface area contributed by atoms with Gasteiger partial charge in [-0.05, 0) is 62.2 Å². The average Bonchev–Trinajstić information content (AvgIpc) is 3.38. The van der Waals surface area contributed by atoms with E-state index >= 15 is 4.39 Å². The second-order valence-electron chi connectivity index (χ2n) is 12.2. The van der Waals surface area contributed by atoms with Crippen molar-refractivity contribution in [1.82, 2.24) is 10.2 Å². The van der Waals surface area contributed by atoms with Gasteiger partial charge >= 0.3 is 12.2 Å². The molecule has 3 aliphatic rings. The van der Waals surface area contributed by atoms with Gasteiger partial charge in [0.15, 0.2) is 0 Å². The first-order valence-electron chi connectivity index (χ1n) is 15.0. The molecule has 0 aromatic heterocycles. The Kier molecular flexibility index (Phi) is 8.36. The predicted molar refractivity (Wildman–Crippen MR) is 162 cm³/mol. The molecule has 11 heteroatoms. The number of benzene rings is 3.